The number of aryl methyl sites for hydroxylation is 4. The second-order valence-corrected chi connectivity index (χ2v) is 9.03. The van der Waals surface area contributed by atoms with E-state index in [0.29, 0.717) is 36.2 Å². The minimum Gasteiger partial charge on any atom is -0.390 e. The van der Waals surface area contributed by atoms with Crippen LogP contribution in [0, 0.1) is 13.8 Å². The maximum atomic E-state index is 12.8. The van der Waals surface area contributed by atoms with E-state index in [1.165, 1.54) is 6.20 Å². The number of anilines is 2. The summed E-state index contributed by atoms with van der Waals surface area (Å²) in [6, 6.07) is 7.59. The highest BCUT2D eigenvalue weighted by molar-refractivity contribution is 6.32. The Balaban J connectivity index is 1.70. The number of imidazole rings is 1. The average molecular weight is 470 g/mol. The summed E-state index contributed by atoms with van der Waals surface area (Å²) in [4.78, 5) is 21.7. The van der Waals surface area contributed by atoms with Gasteiger partial charge in [0.05, 0.1) is 28.5 Å². The quantitative estimate of drug-likeness (QED) is 0.425. The first-order chi connectivity index (χ1) is 15.6. The fourth-order valence-corrected chi connectivity index (χ4v) is 3.89. The number of rotatable bonds is 7. The molecule has 1 aromatic carbocycles. The Hall–Kier alpha value is -3.17. The van der Waals surface area contributed by atoms with Crippen LogP contribution in [0.15, 0.2) is 35.3 Å². The first kappa shape index (κ1) is 23.0. The van der Waals surface area contributed by atoms with E-state index in [1.807, 2.05) is 45.0 Å². The molecule has 3 aromatic heterocycles. The summed E-state index contributed by atoms with van der Waals surface area (Å²) < 4.78 is 4.96. The Morgan fingerprint density at radius 2 is 1.97 bits per heavy atom. The van der Waals surface area contributed by atoms with E-state index >= 15 is 0 Å². The molecule has 0 radical (unpaired) electrons. The molecule has 9 nitrogen and oxygen atoms in total. The number of hydrogen-bond acceptors (Lipinski definition) is 6. The fourth-order valence-electron chi connectivity index (χ4n) is 3.75. The van der Waals surface area contributed by atoms with E-state index in [0.717, 1.165) is 28.1 Å². The van der Waals surface area contributed by atoms with Crippen molar-refractivity contribution < 1.29 is 5.11 Å². The number of hydrogen-bond donors (Lipinski definition) is 2. The summed E-state index contributed by atoms with van der Waals surface area (Å²) in [7, 11) is 1.74. The van der Waals surface area contributed by atoms with Gasteiger partial charge in [0, 0.05) is 25.0 Å². The molecule has 0 spiro atoms. The topological polar surface area (TPSA) is 103 Å². The van der Waals surface area contributed by atoms with E-state index in [2.05, 4.69) is 20.4 Å². The van der Waals surface area contributed by atoms with E-state index < -0.39 is 5.60 Å². The lowest BCUT2D eigenvalue weighted by molar-refractivity contribution is 0.0426. The van der Waals surface area contributed by atoms with E-state index in [4.69, 9.17) is 11.6 Å². The third-order valence-corrected chi connectivity index (χ3v) is 6.25. The van der Waals surface area contributed by atoms with E-state index in [9.17, 15) is 9.90 Å². The maximum absolute atomic E-state index is 12.8. The summed E-state index contributed by atoms with van der Waals surface area (Å²) in [6.07, 6.45) is 2.62. The first-order valence-electron chi connectivity index (χ1n) is 10.8. The van der Waals surface area contributed by atoms with Gasteiger partial charge in [-0.2, -0.15) is 10.1 Å². The van der Waals surface area contributed by atoms with Crippen molar-refractivity contribution in [1.82, 2.24) is 28.9 Å². The minimum absolute atomic E-state index is 0.124. The second kappa shape index (κ2) is 8.64. The smallest absolute Gasteiger partial charge is 0.328 e. The number of aromatic nitrogens is 6. The number of nitrogens with zero attached hydrogens (tertiary/aromatic N) is 6. The molecule has 1 unspecified atom stereocenters. The van der Waals surface area contributed by atoms with Crippen LogP contribution in [-0.2, 0) is 13.6 Å². The van der Waals surface area contributed by atoms with Crippen LogP contribution in [0.4, 0.5) is 11.5 Å². The highest BCUT2D eigenvalue weighted by Gasteiger charge is 2.20. The lowest BCUT2D eigenvalue weighted by Gasteiger charge is -2.21. The van der Waals surface area contributed by atoms with Crippen molar-refractivity contribution in [2.45, 2.75) is 52.7 Å². The summed E-state index contributed by atoms with van der Waals surface area (Å²) >= 11 is 6.37. The molecule has 4 rings (SSSR count). The van der Waals surface area contributed by atoms with Crippen LogP contribution in [-0.4, -0.2) is 39.6 Å². The van der Waals surface area contributed by atoms with Gasteiger partial charge in [-0.25, -0.2) is 14.5 Å². The number of benzene rings is 1. The SMILES string of the molecule is CCC(C)(O)CCn1c(=O)n(C)c2ccc(Nc3nc(-n4nc(C)cc4C)ncc3Cl)cc21. The zero-order chi connectivity index (χ0) is 23.9. The van der Waals surface area contributed by atoms with Gasteiger partial charge in [0.2, 0.25) is 0 Å². The van der Waals surface area contributed by atoms with Crippen LogP contribution in [0.5, 0.6) is 0 Å². The summed E-state index contributed by atoms with van der Waals surface area (Å²) in [6.45, 7) is 7.97. The third kappa shape index (κ3) is 4.51. The second-order valence-electron chi connectivity index (χ2n) is 8.63. The van der Waals surface area contributed by atoms with E-state index in [-0.39, 0.29) is 5.69 Å². The highest BCUT2D eigenvalue weighted by atomic mass is 35.5. The largest absolute Gasteiger partial charge is 0.390 e. The Morgan fingerprint density at radius 1 is 1.21 bits per heavy atom. The van der Waals surface area contributed by atoms with Gasteiger partial charge >= 0.3 is 5.69 Å². The molecule has 0 bridgehead atoms. The summed E-state index contributed by atoms with van der Waals surface area (Å²) in [5.74, 6) is 0.847. The first-order valence-corrected chi connectivity index (χ1v) is 11.2. The Kier molecular flexibility index (Phi) is 6.02. The van der Waals surface area contributed by atoms with Gasteiger partial charge in [0.25, 0.3) is 5.95 Å². The van der Waals surface area contributed by atoms with Crippen LogP contribution in [0.25, 0.3) is 17.0 Å². The number of nitrogens with one attached hydrogen (secondary N) is 1. The number of halogens is 1. The molecule has 0 saturated carbocycles. The molecule has 1 atom stereocenters. The standard InChI is InChI=1S/C23H28ClN7O2/c1-6-23(4,33)9-10-30-19-12-16(7-8-18(19)29(5)22(30)32)26-20-17(24)13-25-21(27-20)31-15(3)11-14(2)28-31/h7-8,11-13,33H,6,9-10H2,1-5H3,(H,25,26,27). The van der Waals surface area contributed by atoms with Gasteiger partial charge < -0.3 is 10.4 Å². The van der Waals surface area contributed by atoms with Crippen molar-refractivity contribution in [3.05, 3.63) is 57.4 Å². The maximum Gasteiger partial charge on any atom is 0.328 e. The van der Waals surface area contributed by atoms with Crippen molar-refractivity contribution in [1.29, 1.82) is 0 Å². The average Bonchev–Trinajstić information content (AvgIpc) is 3.23. The molecule has 4 aromatic rings. The van der Waals surface area contributed by atoms with Crippen molar-refractivity contribution in [2.24, 2.45) is 7.05 Å². The molecule has 0 amide bonds. The van der Waals surface area contributed by atoms with Crippen LogP contribution in [0.2, 0.25) is 5.02 Å². The predicted molar refractivity (Wildman–Crippen MR) is 130 cm³/mol. The number of aliphatic hydroxyl groups is 1. The molecular formula is C23H28ClN7O2. The summed E-state index contributed by atoms with van der Waals surface area (Å²) in [5, 5.41) is 18.4. The summed E-state index contributed by atoms with van der Waals surface area (Å²) in [5.41, 5.74) is 3.13. The molecule has 3 heterocycles. The predicted octanol–water partition coefficient (Wildman–Crippen LogP) is 3.88. The molecule has 0 aliphatic heterocycles. The molecule has 174 valence electrons. The van der Waals surface area contributed by atoms with Crippen LogP contribution >= 0.6 is 11.6 Å². The fraction of sp³-hybridized carbons (Fsp3) is 0.391. The molecule has 10 heteroatoms. The molecule has 33 heavy (non-hydrogen) atoms. The van der Waals surface area contributed by atoms with Gasteiger partial charge in [0.1, 0.15) is 5.02 Å². The van der Waals surface area contributed by atoms with Gasteiger partial charge in [-0.1, -0.05) is 18.5 Å². The third-order valence-electron chi connectivity index (χ3n) is 5.97. The van der Waals surface area contributed by atoms with Gasteiger partial charge in [-0.05, 0) is 57.9 Å². The lowest BCUT2D eigenvalue weighted by Crippen LogP contribution is -2.29. The zero-order valence-electron chi connectivity index (χ0n) is 19.4. The number of fused-ring (bicyclic) bond motifs is 1. The Bertz CT molecular complexity index is 1380. The van der Waals surface area contributed by atoms with Crippen molar-refractivity contribution in [2.75, 3.05) is 5.32 Å². The monoisotopic (exact) mass is 469 g/mol. The van der Waals surface area contributed by atoms with Crippen LogP contribution in [0.3, 0.4) is 0 Å². The zero-order valence-corrected chi connectivity index (χ0v) is 20.2. The Labute approximate surface area is 196 Å². The highest BCUT2D eigenvalue weighted by Crippen LogP contribution is 2.26. The van der Waals surface area contributed by atoms with Gasteiger partial charge in [-0.3, -0.25) is 9.13 Å². The molecule has 0 saturated heterocycles. The molecular weight excluding hydrogens is 442 g/mol. The van der Waals surface area contributed by atoms with Crippen molar-refractivity contribution in [3.8, 4) is 5.95 Å². The van der Waals surface area contributed by atoms with Crippen molar-refractivity contribution in [3.63, 3.8) is 0 Å². The van der Waals surface area contributed by atoms with Crippen molar-refractivity contribution >= 4 is 34.1 Å². The van der Waals surface area contributed by atoms with Crippen LogP contribution in [0.1, 0.15) is 38.1 Å². The van der Waals surface area contributed by atoms with Gasteiger partial charge in [-0.15, -0.1) is 0 Å². The molecule has 2 N–H and O–H groups in total. The molecule has 0 aliphatic carbocycles. The van der Waals surface area contributed by atoms with Gasteiger partial charge in [0.15, 0.2) is 5.82 Å². The molecule has 0 aliphatic rings. The Morgan fingerprint density at radius 3 is 2.64 bits per heavy atom. The van der Waals surface area contributed by atoms with E-state index in [1.54, 1.807) is 27.8 Å². The minimum atomic E-state index is -0.828. The van der Waals surface area contributed by atoms with Crippen LogP contribution < -0.4 is 11.0 Å². The lowest BCUT2D eigenvalue weighted by atomic mass is 9.99. The normalized spacial score (nSPS) is 13.4. The molecule has 0 fully saturated rings.